The molecule has 4 nitrogen and oxygen atoms in total. The first-order valence-corrected chi connectivity index (χ1v) is 7.12. The maximum atomic E-state index is 9.57. The van der Waals surface area contributed by atoms with Crippen molar-refractivity contribution < 1.29 is 9.84 Å². The summed E-state index contributed by atoms with van der Waals surface area (Å²) >= 11 is 5.63. The number of β-amino-alcohol motifs (C(OH)–C–C–N with tert-alkyl or cyclic N) is 1. The van der Waals surface area contributed by atoms with Gasteiger partial charge in [-0.25, -0.2) is 0 Å². The van der Waals surface area contributed by atoms with Crippen LogP contribution < -0.4 is 9.64 Å². The van der Waals surface area contributed by atoms with Crippen molar-refractivity contribution >= 4 is 17.3 Å². The zero-order valence-electron chi connectivity index (χ0n) is 11.3. The molecular formula is C14H21ClN2O2. The summed E-state index contributed by atoms with van der Waals surface area (Å²) in [5, 5.41) is 9.57. The zero-order valence-corrected chi connectivity index (χ0v) is 12.0. The molecule has 1 heterocycles. The van der Waals surface area contributed by atoms with E-state index in [9.17, 15) is 5.11 Å². The Balaban J connectivity index is 1.92. The van der Waals surface area contributed by atoms with Gasteiger partial charge < -0.3 is 14.7 Å². The highest BCUT2D eigenvalue weighted by molar-refractivity contribution is 6.18. The van der Waals surface area contributed by atoms with Gasteiger partial charge in [-0.3, -0.25) is 4.90 Å². The van der Waals surface area contributed by atoms with Crippen LogP contribution in [-0.4, -0.2) is 61.8 Å². The van der Waals surface area contributed by atoms with Crippen LogP contribution in [0.5, 0.6) is 5.75 Å². The summed E-state index contributed by atoms with van der Waals surface area (Å²) in [5.41, 5.74) is 1.14. The molecule has 1 saturated heterocycles. The molecule has 19 heavy (non-hydrogen) atoms. The van der Waals surface area contributed by atoms with E-state index in [4.69, 9.17) is 16.3 Å². The Hall–Kier alpha value is -0.970. The van der Waals surface area contributed by atoms with Crippen molar-refractivity contribution in [3.05, 3.63) is 24.3 Å². The van der Waals surface area contributed by atoms with E-state index in [-0.39, 0.29) is 0 Å². The van der Waals surface area contributed by atoms with E-state index in [1.807, 2.05) is 18.2 Å². The predicted octanol–water partition coefficient (Wildman–Crippen LogP) is 1.42. The van der Waals surface area contributed by atoms with Crippen molar-refractivity contribution in [2.45, 2.75) is 6.10 Å². The third-order valence-electron chi connectivity index (χ3n) is 3.45. The van der Waals surface area contributed by atoms with Crippen LogP contribution >= 0.6 is 11.6 Å². The molecule has 1 N–H and O–H groups in total. The summed E-state index contributed by atoms with van der Waals surface area (Å²) in [5.74, 6) is 1.21. The average Bonchev–Trinajstić information content (AvgIpc) is 2.48. The second-order valence-corrected chi connectivity index (χ2v) is 5.08. The van der Waals surface area contributed by atoms with Gasteiger partial charge in [-0.1, -0.05) is 12.1 Å². The number of hydrogen-bond acceptors (Lipinski definition) is 4. The minimum absolute atomic E-state index is 0.298. The summed E-state index contributed by atoms with van der Waals surface area (Å²) in [7, 11) is 1.70. The van der Waals surface area contributed by atoms with Gasteiger partial charge in [0, 0.05) is 38.6 Å². The van der Waals surface area contributed by atoms with E-state index in [0.717, 1.165) is 37.6 Å². The number of aliphatic hydroxyl groups excluding tert-OH is 1. The standard InChI is InChI=1S/C14H21ClN2O2/c1-19-14-5-3-2-4-13(14)17-8-6-16(7-9-17)11-12(18)10-15/h2-5,12,18H,6-11H2,1H3/t12-/m1/s1. The first kappa shape index (κ1) is 14.4. The number of halogens is 1. The summed E-state index contributed by atoms with van der Waals surface area (Å²) < 4.78 is 5.39. The molecule has 1 aromatic rings. The number of alkyl halides is 1. The van der Waals surface area contributed by atoms with E-state index < -0.39 is 6.10 Å². The second-order valence-electron chi connectivity index (χ2n) is 4.77. The highest BCUT2D eigenvalue weighted by Crippen LogP contribution is 2.28. The number of hydrogen-bond donors (Lipinski definition) is 1. The van der Waals surface area contributed by atoms with Crippen LogP contribution in [-0.2, 0) is 0 Å². The maximum Gasteiger partial charge on any atom is 0.142 e. The zero-order chi connectivity index (χ0) is 13.7. The number of rotatable bonds is 5. The van der Waals surface area contributed by atoms with E-state index in [1.54, 1.807) is 7.11 Å². The minimum Gasteiger partial charge on any atom is -0.495 e. The molecule has 0 aromatic heterocycles. The first-order chi connectivity index (χ1) is 9.24. The van der Waals surface area contributed by atoms with Crippen molar-refractivity contribution in [2.24, 2.45) is 0 Å². The molecule has 1 atom stereocenters. The van der Waals surface area contributed by atoms with Gasteiger partial charge in [-0.05, 0) is 12.1 Å². The Morgan fingerprint density at radius 1 is 1.26 bits per heavy atom. The first-order valence-electron chi connectivity index (χ1n) is 6.59. The van der Waals surface area contributed by atoms with Crippen LogP contribution in [0.3, 0.4) is 0 Å². The van der Waals surface area contributed by atoms with Crippen molar-refractivity contribution in [3.63, 3.8) is 0 Å². The van der Waals surface area contributed by atoms with Crippen LogP contribution in [0.25, 0.3) is 0 Å². The minimum atomic E-state index is -0.431. The summed E-state index contributed by atoms with van der Waals surface area (Å²) in [6.07, 6.45) is -0.431. The van der Waals surface area contributed by atoms with Crippen LogP contribution in [0, 0.1) is 0 Å². The van der Waals surface area contributed by atoms with Crippen molar-refractivity contribution in [2.75, 3.05) is 50.6 Å². The number of para-hydroxylation sites is 2. The SMILES string of the molecule is COc1ccccc1N1CCN(C[C@H](O)CCl)CC1. The van der Waals surface area contributed by atoms with Crippen LogP contribution in [0.15, 0.2) is 24.3 Å². The Morgan fingerprint density at radius 3 is 2.58 bits per heavy atom. The third-order valence-corrected chi connectivity index (χ3v) is 3.80. The number of aliphatic hydroxyl groups is 1. The molecule has 1 aliphatic rings. The Morgan fingerprint density at radius 2 is 1.95 bits per heavy atom. The number of methoxy groups -OCH3 is 1. The molecule has 0 amide bonds. The quantitative estimate of drug-likeness (QED) is 0.830. The number of piperazine rings is 1. The lowest BCUT2D eigenvalue weighted by Gasteiger charge is -2.37. The van der Waals surface area contributed by atoms with Gasteiger partial charge in [0.25, 0.3) is 0 Å². The molecule has 0 aliphatic carbocycles. The molecule has 0 radical (unpaired) electrons. The summed E-state index contributed by atoms with van der Waals surface area (Å²) in [6.45, 7) is 4.41. The molecule has 0 bridgehead atoms. The van der Waals surface area contributed by atoms with Gasteiger partial charge in [0.15, 0.2) is 0 Å². The smallest absolute Gasteiger partial charge is 0.142 e. The fourth-order valence-corrected chi connectivity index (χ4v) is 2.51. The average molecular weight is 285 g/mol. The van der Waals surface area contributed by atoms with Gasteiger partial charge in [-0.2, -0.15) is 0 Å². The molecule has 1 fully saturated rings. The van der Waals surface area contributed by atoms with Gasteiger partial charge in [0.1, 0.15) is 5.75 Å². The predicted molar refractivity (Wildman–Crippen MR) is 78.4 cm³/mol. The van der Waals surface area contributed by atoms with Crippen molar-refractivity contribution in [3.8, 4) is 5.75 Å². The molecule has 2 rings (SSSR count). The highest BCUT2D eigenvalue weighted by Gasteiger charge is 2.20. The van der Waals surface area contributed by atoms with E-state index in [1.165, 1.54) is 0 Å². The van der Waals surface area contributed by atoms with Crippen molar-refractivity contribution in [1.82, 2.24) is 4.90 Å². The molecule has 1 aromatic carbocycles. The largest absolute Gasteiger partial charge is 0.495 e. The lowest BCUT2D eigenvalue weighted by Crippen LogP contribution is -2.48. The Kier molecular flexibility index (Phi) is 5.31. The van der Waals surface area contributed by atoms with E-state index in [0.29, 0.717) is 12.4 Å². The fourth-order valence-electron chi connectivity index (χ4n) is 2.41. The van der Waals surface area contributed by atoms with Gasteiger partial charge in [0.05, 0.1) is 18.9 Å². The highest BCUT2D eigenvalue weighted by atomic mass is 35.5. The molecule has 0 saturated carbocycles. The molecule has 106 valence electrons. The Labute approximate surface area is 119 Å². The molecule has 0 spiro atoms. The number of ether oxygens (including phenoxy) is 1. The number of nitrogens with zero attached hydrogens (tertiary/aromatic N) is 2. The molecular weight excluding hydrogens is 264 g/mol. The monoisotopic (exact) mass is 284 g/mol. The van der Waals surface area contributed by atoms with Gasteiger partial charge in [-0.15, -0.1) is 11.6 Å². The van der Waals surface area contributed by atoms with Crippen molar-refractivity contribution in [1.29, 1.82) is 0 Å². The second kappa shape index (κ2) is 6.98. The lowest BCUT2D eigenvalue weighted by atomic mass is 10.2. The maximum absolute atomic E-state index is 9.57. The van der Waals surface area contributed by atoms with E-state index >= 15 is 0 Å². The summed E-state index contributed by atoms with van der Waals surface area (Å²) in [6, 6.07) is 8.08. The summed E-state index contributed by atoms with van der Waals surface area (Å²) in [4.78, 5) is 4.57. The molecule has 5 heteroatoms. The van der Waals surface area contributed by atoms with Crippen LogP contribution in [0.2, 0.25) is 0 Å². The molecule has 1 aliphatic heterocycles. The Bertz CT molecular complexity index is 395. The number of anilines is 1. The van der Waals surface area contributed by atoms with Crippen LogP contribution in [0.1, 0.15) is 0 Å². The molecule has 0 unspecified atom stereocenters. The van der Waals surface area contributed by atoms with Gasteiger partial charge >= 0.3 is 0 Å². The topological polar surface area (TPSA) is 35.9 Å². The third kappa shape index (κ3) is 3.75. The van der Waals surface area contributed by atoms with E-state index in [2.05, 4.69) is 15.9 Å². The number of benzene rings is 1. The van der Waals surface area contributed by atoms with Gasteiger partial charge in [0.2, 0.25) is 0 Å². The normalized spacial score (nSPS) is 18.4. The lowest BCUT2D eigenvalue weighted by molar-refractivity contribution is 0.125. The fraction of sp³-hybridized carbons (Fsp3) is 0.571. The van der Waals surface area contributed by atoms with Crippen LogP contribution in [0.4, 0.5) is 5.69 Å².